The lowest BCUT2D eigenvalue weighted by molar-refractivity contribution is 0.101. The molecule has 1 atom stereocenters. The molecule has 1 amide bonds. The minimum atomic E-state index is -0.822. The third kappa shape index (κ3) is 5.01. The number of aromatic nitrogens is 3. The predicted molar refractivity (Wildman–Crippen MR) is 137 cm³/mol. The molecular weight excluding hydrogens is 502 g/mol. The minimum Gasteiger partial charge on any atom is -0.490 e. The van der Waals surface area contributed by atoms with Crippen LogP contribution in [0.15, 0.2) is 35.1 Å². The number of rotatable bonds is 7. The Balaban J connectivity index is 1.55. The molecule has 1 aliphatic carbocycles. The molecule has 1 N–H and O–H groups in total. The van der Waals surface area contributed by atoms with Crippen molar-refractivity contribution in [1.82, 2.24) is 14.3 Å². The maximum absolute atomic E-state index is 15.5. The summed E-state index contributed by atoms with van der Waals surface area (Å²) in [6, 6.07) is 6.32. The van der Waals surface area contributed by atoms with Gasteiger partial charge in [-0.15, -0.1) is 5.10 Å². The summed E-state index contributed by atoms with van der Waals surface area (Å²) in [5, 5.41) is 6.93. The Hall–Kier alpha value is -3.20. The minimum absolute atomic E-state index is 0.00626. The van der Waals surface area contributed by atoms with Crippen LogP contribution in [0.25, 0.3) is 5.69 Å². The van der Waals surface area contributed by atoms with E-state index in [2.05, 4.69) is 10.4 Å². The zero-order valence-electron chi connectivity index (χ0n) is 20.8. The van der Waals surface area contributed by atoms with Crippen LogP contribution in [0, 0.1) is 17.0 Å². The molecule has 0 saturated heterocycles. The predicted octanol–water partition coefficient (Wildman–Crippen LogP) is 5.90. The smallest absolute Gasteiger partial charge is 0.350 e. The second kappa shape index (κ2) is 9.93. The number of nitrogens with one attached hydrogen (secondary N) is 1. The van der Waals surface area contributed by atoms with E-state index in [4.69, 9.17) is 16.3 Å². The Kier molecular flexibility index (Phi) is 6.83. The summed E-state index contributed by atoms with van der Waals surface area (Å²) in [7, 11) is 0. The first-order chi connectivity index (χ1) is 17.7. The van der Waals surface area contributed by atoms with Crippen LogP contribution in [0.4, 0.5) is 14.5 Å². The number of para-hydroxylation sites is 1. The second-order valence-electron chi connectivity index (χ2n) is 10.1. The molecule has 1 spiro atoms. The van der Waals surface area contributed by atoms with Crippen LogP contribution in [0.1, 0.15) is 68.6 Å². The van der Waals surface area contributed by atoms with Crippen molar-refractivity contribution in [3.8, 4) is 11.4 Å². The quantitative estimate of drug-likeness (QED) is 0.412. The highest BCUT2D eigenvalue weighted by molar-refractivity contribution is 6.34. The van der Waals surface area contributed by atoms with E-state index >= 15 is 4.39 Å². The Morgan fingerprint density at radius 2 is 2.03 bits per heavy atom. The van der Waals surface area contributed by atoms with Gasteiger partial charge < -0.3 is 10.1 Å². The van der Waals surface area contributed by atoms with Crippen LogP contribution in [0.2, 0.25) is 5.02 Å². The first kappa shape index (κ1) is 25.4. The van der Waals surface area contributed by atoms with Crippen LogP contribution in [-0.4, -0.2) is 26.4 Å². The number of anilines is 1. The maximum atomic E-state index is 15.5. The fraction of sp³-hybridized carbons (Fsp3) is 0.444. The van der Waals surface area contributed by atoms with E-state index in [1.54, 1.807) is 4.57 Å². The largest absolute Gasteiger partial charge is 0.490 e. The molecule has 37 heavy (non-hydrogen) atoms. The summed E-state index contributed by atoms with van der Waals surface area (Å²) in [4.78, 5) is 26.4. The van der Waals surface area contributed by atoms with Crippen LogP contribution in [0.5, 0.6) is 5.75 Å². The van der Waals surface area contributed by atoms with Crippen LogP contribution >= 0.6 is 11.6 Å². The highest BCUT2D eigenvalue weighted by Gasteiger charge is 2.44. The molecule has 5 rings (SSSR count). The number of carbonyl (C=O) groups excluding carboxylic acids is 1. The SMILES string of the molecule is CCC[C@H](C)Oc1cc(-n2nc3n(c2=O)CCCC2(CC2)C3)c(F)cc1C(=O)Nc1c(F)cccc1Cl. The fourth-order valence-corrected chi connectivity index (χ4v) is 5.26. The Morgan fingerprint density at radius 1 is 1.24 bits per heavy atom. The fourth-order valence-electron chi connectivity index (χ4n) is 5.05. The highest BCUT2D eigenvalue weighted by Crippen LogP contribution is 2.52. The van der Waals surface area contributed by atoms with Gasteiger partial charge in [-0.3, -0.25) is 9.36 Å². The number of halogens is 3. The molecule has 196 valence electrons. The van der Waals surface area contributed by atoms with Gasteiger partial charge in [0, 0.05) is 19.0 Å². The number of carbonyl (C=O) groups is 1. The van der Waals surface area contributed by atoms with Gasteiger partial charge in [0.25, 0.3) is 5.91 Å². The van der Waals surface area contributed by atoms with Crippen LogP contribution in [0.3, 0.4) is 0 Å². The molecule has 2 heterocycles. The number of nitrogens with zero attached hydrogens (tertiary/aromatic N) is 3. The van der Waals surface area contributed by atoms with Gasteiger partial charge in [0.05, 0.1) is 22.4 Å². The highest BCUT2D eigenvalue weighted by atomic mass is 35.5. The van der Waals surface area contributed by atoms with Gasteiger partial charge in [-0.25, -0.2) is 13.6 Å². The monoisotopic (exact) mass is 530 g/mol. The van der Waals surface area contributed by atoms with Gasteiger partial charge in [0.15, 0.2) is 0 Å². The van der Waals surface area contributed by atoms with E-state index in [1.165, 1.54) is 18.2 Å². The third-order valence-electron chi connectivity index (χ3n) is 7.26. The van der Waals surface area contributed by atoms with Crippen molar-refractivity contribution in [3.05, 3.63) is 68.9 Å². The van der Waals surface area contributed by atoms with Gasteiger partial charge in [0.2, 0.25) is 0 Å². The van der Waals surface area contributed by atoms with Crippen molar-refractivity contribution in [3.63, 3.8) is 0 Å². The average molecular weight is 531 g/mol. The van der Waals surface area contributed by atoms with Gasteiger partial charge in [-0.2, -0.15) is 4.68 Å². The number of amides is 1. The lowest BCUT2D eigenvalue weighted by atomic mass is 9.97. The number of hydrogen-bond donors (Lipinski definition) is 1. The number of fused-ring (bicyclic) bond motifs is 1. The molecule has 0 radical (unpaired) electrons. The molecule has 1 saturated carbocycles. The van der Waals surface area contributed by atoms with Crippen LogP contribution in [-0.2, 0) is 13.0 Å². The van der Waals surface area contributed by atoms with Crippen molar-refractivity contribution in [2.75, 3.05) is 5.32 Å². The van der Waals surface area contributed by atoms with Crippen molar-refractivity contribution in [2.24, 2.45) is 5.41 Å². The number of hydrogen-bond acceptors (Lipinski definition) is 4. The third-order valence-corrected chi connectivity index (χ3v) is 7.58. The molecule has 0 unspecified atom stereocenters. The normalized spacial score (nSPS) is 16.7. The lowest BCUT2D eigenvalue weighted by Crippen LogP contribution is -2.25. The van der Waals surface area contributed by atoms with E-state index < -0.39 is 23.2 Å². The summed E-state index contributed by atoms with van der Waals surface area (Å²) in [6.07, 6.45) is 6.09. The molecule has 10 heteroatoms. The lowest BCUT2D eigenvalue weighted by Gasteiger charge is -2.18. The van der Waals surface area contributed by atoms with Gasteiger partial charge in [-0.1, -0.05) is 31.0 Å². The summed E-state index contributed by atoms with van der Waals surface area (Å²) < 4.78 is 38.5. The van der Waals surface area contributed by atoms with Gasteiger partial charge in [-0.05, 0) is 62.6 Å². The van der Waals surface area contributed by atoms with E-state index in [0.29, 0.717) is 25.2 Å². The van der Waals surface area contributed by atoms with E-state index in [1.807, 2.05) is 13.8 Å². The first-order valence-corrected chi connectivity index (χ1v) is 13.0. The topological polar surface area (TPSA) is 78.2 Å². The Bertz CT molecular complexity index is 1390. The van der Waals surface area contributed by atoms with Crippen molar-refractivity contribution >= 4 is 23.2 Å². The summed E-state index contributed by atoms with van der Waals surface area (Å²) in [5.41, 5.74) is -0.671. The molecule has 2 aliphatic rings. The first-order valence-electron chi connectivity index (χ1n) is 12.7. The zero-order chi connectivity index (χ0) is 26.3. The van der Waals surface area contributed by atoms with Gasteiger partial charge >= 0.3 is 5.69 Å². The van der Waals surface area contributed by atoms with Crippen molar-refractivity contribution in [2.45, 2.75) is 71.4 Å². The van der Waals surface area contributed by atoms with Crippen molar-refractivity contribution in [1.29, 1.82) is 0 Å². The molecule has 7 nitrogen and oxygen atoms in total. The van der Waals surface area contributed by atoms with E-state index in [-0.39, 0.29) is 39.2 Å². The standard InChI is InChI=1S/C27H29ClF2N4O3/c1-3-6-16(2)37-22-14-21(34-26(36)33-12-5-9-27(10-11-27)15-23(33)32-34)20(30)13-17(22)25(35)31-24-18(28)7-4-8-19(24)29/h4,7-8,13-14,16H,3,5-6,9-12,15H2,1-2H3,(H,31,35)/t16-/m0/s1. The summed E-state index contributed by atoms with van der Waals surface area (Å²) in [5.74, 6) is -1.62. The molecule has 2 aromatic carbocycles. The Morgan fingerprint density at radius 3 is 2.73 bits per heavy atom. The Labute approximate surface area is 218 Å². The molecule has 1 aromatic heterocycles. The summed E-state index contributed by atoms with van der Waals surface area (Å²) >= 11 is 6.06. The van der Waals surface area contributed by atoms with Crippen LogP contribution < -0.4 is 15.7 Å². The van der Waals surface area contributed by atoms with E-state index in [9.17, 15) is 14.0 Å². The molecule has 1 fully saturated rings. The zero-order valence-corrected chi connectivity index (χ0v) is 21.6. The second-order valence-corrected chi connectivity index (χ2v) is 10.5. The number of benzene rings is 2. The van der Waals surface area contributed by atoms with E-state index in [0.717, 1.165) is 48.9 Å². The molecule has 1 aliphatic heterocycles. The molecule has 0 bridgehead atoms. The molecular formula is C27H29ClF2N4O3. The summed E-state index contributed by atoms with van der Waals surface area (Å²) in [6.45, 7) is 4.37. The van der Waals surface area contributed by atoms with Gasteiger partial charge in [0.1, 0.15) is 28.9 Å². The molecule has 3 aromatic rings. The number of ether oxygens (including phenoxy) is 1. The van der Waals surface area contributed by atoms with Crippen molar-refractivity contribution < 1.29 is 18.3 Å². The average Bonchev–Trinajstić information content (AvgIpc) is 3.59. The maximum Gasteiger partial charge on any atom is 0.350 e.